The Morgan fingerprint density at radius 1 is 0.500 bits per heavy atom. The van der Waals surface area contributed by atoms with Gasteiger partial charge in [-0.3, -0.25) is 0 Å². The van der Waals surface area contributed by atoms with Gasteiger partial charge in [0.2, 0.25) is 0 Å². The molecule has 4 nitrogen and oxygen atoms in total. The van der Waals surface area contributed by atoms with Crippen LogP contribution in [0.25, 0.3) is 43.9 Å². The fourth-order valence-corrected chi connectivity index (χ4v) is 8.47. The highest BCUT2D eigenvalue weighted by Crippen LogP contribution is 2.57. The van der Waals surface area contributed by atoms with Crippen LogP contribution in [0.3, 0.4) is 0 Å². The molecule has 0 amide bonds. The minimum atomic E-state index is -0.504. The van der Waals surface area contributed by atoms with Crippen molar-refractivity contribution in [3.8, 4) is 22.0 Å². The SMILES string of the molecule is c1ccc(C2(c3ccccc3)c3ccccc3N(c3cccc(-c4nsc(-c5ccc6c(c5)oc5ccccc56)n4)c3)c3ccccc32)cc1. The Balaban J connectivity index is 1.10. The number of fused-ring (bicyclic) bond motifs is 5. The van der Waals surface area contributed by atoms with Crippen molar-refractivity contribution >= 4 is 50.5 Å². The van der Waals surface area contributed by atoms with Gasteiger partial charge in [-0.05, 0) is 76.3 Å². The summed E-state index contributed by atoms with van der Waals surface area (Å²) in [6.45, 7) is 0. The van der Waals surface area contributed by atoms with E-state index >= 15 is 0 Å². The maximum atomic E-state index is 6.17. The zero-order chi connectivity index (χ0) is 33.1. The molecular weight excluding hydrogens is 631 g/mol. The highest BCUT2D eigenvalue weighted by atomic mass is 32.1. The standard InChI is InChI=1S/C45H29N3OS/c1-3-15-32(16-4-1)45(33-17-5-2-6-18-33)37-21-8-10-23-39(37)48(40-24-11-9-22-38(40)45)34-19-13-14-30(28-34)43-46-44(50-47-43)31-26-27-36-35-20-7-12-25-41(35)49-42(36)29-31/h1-29H. The maximum Gasteiger partial charge on any atom is 0.173 e. The third kappa shape index (κ3) is 4.30. The average Bonchev–Trinajstić information content (AvgIpc) is 3.83. The van der Waals surface area contributed by atoms with Gasteiger partial charge in [0.25, 0.3) is 0 Å². The van der Waals surface area contributed by atoms with Crippen molar-refractivity contribution in [2.45, 2.75) is 5.41 Å². The second-order valence-corrected chi connectivity index (χ2v) is 13.4. The van der Waals surface area contributed by atoms with E-state index in [1.165, 1.54) is 33.8 Å². The van der Waals surface area contributed by atoms with E-state index in [1.54, 1.807) is 0 Å². The lowest BCUT2D eigenvalue weighted by molar-refractivity contribution is 0.669. The van der Waals surface area contributed by atoms with Crippen LogP contribution in [0.15, 0.2) is 180 Å². The lowest BCUT2D eigenvalue weighted by Crippen LogP contribution is -2.37. The smallest absolute Gasteiger partial charge is 0.173 e. The number of nitrogens with zero attached hydrogens (tertiary/aromatic N) is 3. The minimum Gasteiger partial charge on any atom is -0.456 e. The molecule has 50 heavy (non-hydrogen) atoms. The van der Waals surface area contributed by atoms with Crippen molar-refractivity contribution in [2.24, 2.45) is 0 Å². The van der Waals surface area contributed by atoms with E-state index < -0.39 is 5.41 Å². The first-order valence-corrected chi connectivity index (χ1v) is 17.5. The molecule has 0 unspecified atom stereocenters. The quantitative estimate of drug-likeness (QED) is 0.184. The summed E-state index contributed by atoms with van der Waals surface area (Å²) in [5.41, 5.74) is 11.5. The molecule has 1 aliphatic rings. The maximum absolute atomic E-state index is 6.17. The lowest BCUT2D eigenvalue weighted by Gasteiger charge is -2.46. The molecule has 0 spiro atoms. The predicted octanol–water partition coefficient (Wildman–Crippen LogP) is 11.9. The number of benzene rings is 7. The first kappa shape index (κ1) is 28.7. The first-order valence-electron chi connectivity index (χ1n) is 16.7. The summed E-state index contributed by atoms with van der Waals surface area (Å²) < 4.78 is 11.0. The Hall–Kier alpha value is -6.30. The van der Waals surface area contributed by atoms with Gasteiger partial charge in [-0.1, -0.05) is 133 Å². The second kappa shape index (κ2) is 11.4. The molecule has 9 aromatic rings. The molecule has 1 aliphatic heterocycles. The zero-order valence-electron chi connectivity index (χ0n) is 26.9. The summed E-state index contributed by atoms with van der Waals surface area (Å²) >= 11 is 1.41. The Morgan fingerprint density at radius 2 is 1.12 bits per heavy atom. The van der Waals surface area contributed by atoms with E-state index in [0.29, 0.717) is 5.82 Å². The van der Waals surface area contributed by atoms with E-state index in [9.17, 15) is 0 Å². The molecule has 7 aromatic carbocycles. The van der Waals surface area contributed by atoms with E-state index in [4.69, 9.17) is 13.8 Å². The minimum absolute atomic E-state index is 0.504. The van der Waals surface area contributed by atoms with Gasteiger partial charge in [0.05, 0.1) is 16.8 Å². The van der Waals surface area contributed by atoms with E-state index in [1.807, 2.05) is 18.2 Å². The molecule has 236 valence electrons. The van der Waals surface area contributed by atoms with Crippen molar-refractivity contribution in [1.29, 1.82) is 0 Å². The summed E-state index contributed by atoms with van der Waals surface area (Å²) in [4.78, 5) is 7.43. The van der Waals surface area contributed by atoms with Crippen LogP contribution in [0.1, 0.15) is 22.3 Å². The Morgan fingerprint density at radius 3 is 1.84 bits per heavy atom. The van der Waals surface area contributed by atoms with Crippen molar-refractivity contribution in [3.05, 3.63) is 198 Å². The molecule has 3 heterocycles. The van der Waals surface area contributed by atoms with Crippen LogP contribution in [0.5, 0.6) is 0 Å². The van der Waals surface area contributed by atoms with Crippen molar-refractivity contribution in [1.82, 2.24) is 9.36 Å². The van der Waals surface area contributed by atoms with Crippen LogP contribution in [0, 0.1) is 0 Å². The molecular formula is C45H29N3OS. The molecule has 0 radical (unpaired) electrons. The molecule has 0 saturated heterocycles. The van der Waals surface area contributed by atoms with Crippen LogP contribution in [0.2, 0.25) is 0 Å². The van der Waals surface area contributed by atoms with Gasteiger partial charge >= 0.3 is 0 Å². The highest BCUT2D eigenvalue weighted by molar-refractivity contribution is 7.09. The van der Waals surface area contributed by atoms with Crippen LogP contribution in [-0.2, 0) is 5.41 Å². The van der Waals surface area contributed by atoms with Crippen LogP contribution in [0.4, 0.5) is 17.1 Å². The largest absolute Gasteiger partial charge is 0.456 e. The number of aromatic nitrogens is 2. The molecule has 0 aliphatic carbocycles. The van der Waals surface area contributed by atoms with Crippen molar-refractivity contribution in [2.75, 3.05) is 4.90 Å². The lowest BCUT2D eigenvalue weighted by atomic mass is 9.62. The third-order valence-corrected chi connectivity index (χ3v) is 10.7. The van der Waals surface area contributed by atoms with Crippen LogP contribution >= 0.6 is 11.5 Å². The number of anilines is 3. The zero-order valence-corrected chi connectivity index (χ0v) is 27.7. The van der Waals surface area contributed by atoms with Gasteiger partial charge < -0.3 is 9.32 Å². The molecule has 0 N–H and O–H groups in total. The molecule has 10 rings (SSSR count). The predicted molar refractivity (Wildman–Crippen MR) is 205 cm³/mol. The van der Waals surface area contributed by atoms with Gasteiger partial charge in [-0.15, -0.1) is 0 Å². The van der Waals surface area contributed by atoms with E-state index in [0.717, 1.165) is 55.1 Å². The summed E-state index contributed by atoms with van der Waals surface area (Å²) in [5, 5.41) is 3.08. The number of para-hydroxylation sites is 3. The van der Waals surface area contributed by atoms with E-state index in [2.05, 4.69) is 163 Å². The van der Waals surface area contributed by atoms with Gasteiger partial charge in [0.1, 0.15) is 16.2 Å². The monoisotopic (exact) mass is 659 g/mol. The molecule has 0 bridgehead atoms. The Bertz CT molecular complexity index is 2590. The Labute approximate surface area is 293 Å². The summed E-state index contributed by atoms with van der Waals surface area (Å²) in [6.07, 6.45) is 0. The molecule has 2 aromatic heterocycles. The summed E-state index contributed by atoms with van der Waals surface area (Å²) in [6, 6.07) is 62.5. The first-order chi connectivity index (χ1) is 24.8. The topological polar surface area (TPSA) is 42.2 Å². The fraction of sp³-hybridized carbons (Fsp3) is 0.0222. The number of hydrogen-bond donors (Lipinski definition) is 0. The number of hydrogen-bond acceptors (Lipinski definition) is 5. The molecule has 5 heteroatoms. The van der Waals surface area contributed by atoms with Crippen LogP contribution < -0.4 is 4.90 Å². The van der Waals surface area contributed by atoms with Crippen LogP contribution in [-0.4, -0.2) is 9.36 Å². The second-order valence-electron chi connectivity index (χ2n) is 12.6. The average molecular weight is 660 g/mol. The fourth-order valence-electron chi connectivity index (χ4n) is 7.79. The Kier molecular flexibility index (Phi) is 6.54. The highest BCUT2D eigenvalue weighted by Gasteiger charge is 2.46. The van der Waals surface area contributed by atoms with Crippen molar-refractivity contribution in [3.63, 3.8) is 0 Å². The van der Waals surface area contributed by atoms with Gasteiger partial charge in [0.15, 0.2) is 5.82 Å². The third-order valence-electron chi connectivity index (χ3n) is 9.93. The van der Waals surface area contributed by atoms with E-state index in [-0.39, 0.29) is 0 Å². The summed E-state index contributed by atoms with van der Waals surface area (Å²) in [7, 11) is 0. The van der Waals surface area contributed by atoms with Crippen molar-refractivity contribution < 1.29 is 4.42 Å². The number of rotatable bonds is 5. The van der Waals surface area contributed by atoms with Gasteiger partial charge in [0, 0.05) is 27.6 Å². The van der Waals surface area contributed by atoms with Gasteiger partial charge in [-0.25, -0.2) is 4.98 Å². The molecule has 0 fully saturated rings. The molecule has 0 saturated carbocycles. The number of furan rings is 1. The summed E-state index contributed by atoms with van der Waals surface area (Å²) in [5.74, 6) is 0.707. The van der Waals surface area contributed by atoms with Gasteiger partial charge in [-0.2, -0.15) is 4.37 Å². The normalized spacial score (nSPS) is 13.3. The molecule has 0 atom stereocenters.